The number of thioether (sulfide) groups is 2. The van der Waals surface area contributed by atoms with Crippen molar-refractivity contribution in [2.24, 2.45) is 5.73 Å². The first-order valence-corrected chi connectivity index (χ1v) is 8.35. The molecule has 1 saturated heterocycles. The third-order valence-electron chi connectivity index (χ3n) is 3.33. The van der Waals surface area contributed by atoms with Gasteiger partial charge in [0.1, 0.15) is 5.84 Å². The van der Waals surface area contributed by atoms with E-state index < -0.39 is 0 Å². The van der Waals surface area contributed by atoms with Crippen molar-refractivity contribution in [3.63, 3.8) is 0 Å². The van der Waals surface area contributed by atoms with Gasteiger partial charge in [-0.25, -0.2) is 0 Å². The van der Waals surface area contributed by atoms with E-state index in [1.807, 2.05) is 30.2 Å². The Morgan fingerprint density at radius 1 is 1.56 bits per heavy atom. The molecule has 2 rings (SSSR count). The number of hydrogen-bond acceptors (Lipinski definition) is 4. The van der Waals surface area contributed by atoms with Crippen LogP contribution in [-0.4, -0.2) is 36.7 Å². The van der Waals surface area contributed by atoms with E-state index in [2.05, 4.69) is 18.0 Å². The summed E-state index contributed by atoms with van der Waals surface area (Å²) in [6.07, 6.45) is 3.24. The van der Waals surface area contributed by atoms with Gasteiger partial charge in [-0.2, -0.15) is 11.8 Å². The summed E-state index contributed by atoms with van der Waals surface area (Å²) in [5.74, 6) is 2.55. The molecule has 0 spiro atoms. The number of nitrogens with one attached hydrogen (secondary N) is 1. The fourth-order valence-electron chi connectivity index (χ4n) is 2.28. The highest BCUT2D eigenvalue weighted by molar-refractivity contribution is 7.99. The Hall–Kier alpha value is -0.810. The van der Waals surface area contributed by atoms with Gasteiger partial charge in [0.15, 0.2) is 0 Å². The number of amidine groups is 1. The van der Waals surface area contributed by atoms with E-state index in [4.69, 9.17) is 11.1 Å². The van der Waals surface area contributed by atoms with Crippen molar-refractivity contribution in [2.45, 2.75) is 17.4 Å². The Balaban J connectivity index is 2.39. The average molecular weight is 281 g/mol. The summed E-state index contributed by atoms with van der Waals surface area (Å²) in [5, 5.41) is 7.82. The Labute approximate surface area is 117 Å². The zero-order valence-electron chi connectivity index (χ0n) is 10.8. The maximum atomic E-state index is 7.82. The average Bonchev–Trinajstić information content (AvgIpc) is 2.90. The normalized spacial score (nSPS) is 18.9. The van der Waals surface area contributed by atoms with Crippen LogP contribution in [0.4, 0.5) is 5.69 Å². The summed E-state index contributed by atoms with van der Waals surface area (Å²) >= 11 is 3.64. The Morgan fingerprint density at radius 3 is 2.89 bits per heavy atom. The number of rotatable bonds is 4. The molecule has 0 amide bonds. The molecule has 1 atom stereocenters. The lowest BCUT2D eigenvalue weighted by atomic mass is 10.1. The Morgan fingerprint density at radius 2 is 2.33 bits per heavy atom. The molecule has 5 heteroatoms. The molecule has 1 unspecified atom stereocenters. The largest absolute Gasteiger partial charge is 0.384 e. The summed E-state index contributed by atoms with van der Waals surface area (Å²) in [5.41, 5.74) is 7.73. The molecular weight excluding hydrogens is 262 g/mol. The zero-order valence-corrected chi connectivity index (χ0v) is 12.4. The lowest BCUT2D eigenvalue weighted by Gasteiger charge is -2.28. The van der Waals surface area contributed by atoms with Gasteiger partial charge in [0.25, 0.3) is 0 Å². The SMILES string of the molecule is CSc1cccc(N(C)C2CCSC2)c1C(=N)N. The van der Waals surface area contributed by atoms with Crippen LogP contribution >= 0.6 is 23.5 Å². The van der Waals surface area contributed by atoms with Gasteiger partial charge in [-0.3, -0.25) is 5.41 Å². The first kappa shape index (κ1) is 13.6. The van der Waals surface area contributed by atoms with E-state index in [0.717, 1.165) is 21.9 Å². The minimum Gasteiger partial charge on any atom is -0.384 e. The third-order valence-corrected chi connectivity index (χ3v) is 5.25. The predicted octanol–water partition coefficient (Wildman–Crippen LogP) is 2.63. The molecule has 1 aromatic rings. The second-order valence-electron chi connectivity index (χ2n) is 4.40. The van der Waals surface area contributed by atoms with Crippen molar-refractivity contribution < 1.29 is 0 Å². The van der Waals surface area contributed by atoms with Gasteiger partial charge in [-0.05, 0) is 30.6 Å². The molecule has 1 aliphatic rings. The van der Waals surface area contributed by atoms with Gasteiger partial charge in [0, 0.05) is 29.4 Å². The van der Waals surface area contributed by atoms with Crippen LogP contribution < -0.4 is 10.6 Å². The van der Waals surface area contributed by atoms with Gasteiger partial charge in [-0.1, -0.05) is 6.07 Å². The highest BCUT2D eigenvalue weighted by Gasteiger charge is 2.23. The fourth-order valence-corrected chi connectivity index (χ4v) is 4.18. The van der Waals surface area contributed by atoms with Crippen LogP contribution in [0.2, 0.25) is 0 Å². The van der Waals surface area contributed by atoms with E-state index in [0.29, 0.717) is 6.04 Å². The minimum atomic E-state index is 0.160. The van der Waals surface area contributed by atoms with E-state index in [1.54, 1.807) is 11.8 Å². The van der Waals surface area contributed by atoms with Crippen molar-refractivity contribution in [1.82, 2.24) is 0 Å². The molecular formula is C13H19N3S2. The standard InChI is InChI=1S/C13H19N3S2/c1-16(9-6-7-18-8-9)10-4-3-5-11(17-2)12(10)13(14)15/h3-5,9H,6-8H2,1-2H3,(H3,14,15). The van der Waals surface area contributed by atoms with Crippen molar-refractivity contribution >= 4 is 35.0 Å². The summed E-state index contributed by atoms with van der Waals surface area (Å²) in [6.45, 7) is 0. The summed E-state index contributed by atoms with van der Waals surface area (Å²) < 4.78 is 0. The van der Waals surface area contributed by atoms with E-state index in [1.165, 1.54) is 12.2 Å². The molecule has 1 fully saturated rings. The molecule has 98 valence electrons. The maximum Gasteiger partial charge on any atom is 0.126 e. The topological polar surface area (TPSA) is 53.1 Å². The van der Waals surface area contributed by atoms with Gasteiger partial charge in [0.05, 0.1) is 5.56 Å². The number of nitrogen functional groups attached to an aromatic ring is 1. The van der Waals surface area contributed by atoms with Crippen LogP contribution in [0.15, 0.2) is 23.1 Å². The molecule has 0 saturated carbocycles. The summed E-state index contributed by atoms with van der Waals surface area (Å²) in [7, 11) is 2.11. The highest BCUT2D eigenvalue weighted by atomic mass is 32.2. The molecule has 1 heterocycles. The lowest BCUT2D eigenvalue weighted by molar-refractivity contribution is 0.699. The predicted molar refractivity (Wildman–Crippen MR) is 83.4 cm³/mol. The molecule has 3 nitrogen and oxygen atoms in total. The Bertz CT molecular complexity index is 442. The first-order valence-electron chi connectivity index (χ1n) is 5.97. The van der Waals surface area contributed by atoms with Crippen LogP contribution in [0.1, 0.15) is 12.0 Å². The second kappa shape index (κ2) is 5.89. The summed E-state index contributed by atoms with van der Waals surface area (Å²) in [6, 6.07) is 6.71. The number of hydrogen-bond donors (Lipinski definition) is 2. The maximum absolute atomic E-state index is 7.82. The van der Waals surface area contributed by atoms with Gasteiger partial charge < -0.3 is 10.6 Å². The van der Waals surface area contributed by atoms with E-state index in [9.17, 15) is 0 Å². The van der Waals surface area contributed by atoms with Crippen molar-refractivity contribution in [3.8, 4) is 0 Å². The van der Waals surface area contributed by atoms with Crippen LogP contribution in [0.3, 0.4) is 0 Å². The van der Waals surface area contributed by atoms with Crippen molar-refractivity contribution in [1.29, 1.82) is 5.41 Å². The summed E-state index contributed by atoms with van der Waals surface area (Å²) in [4.78, 5) is 3.37. The van der Waals surface area contributed by atoms with Gasteiger partial charge >= 0.3 is 0 Å². The smallest absolute Gasteiger partial charge is 0.126 e. The number of nitrogens with zero attached hydrogens (tertiary/aromatic N) is 1. The van der Waals surface area contributed by atoms with E-state index >= 15 is 0 Å². The van der Waals surface area contributed by atoms with Crippen LogP contribution in [-0.2, 0) is 0 Å². The molecule has 0 aromatic heterocycles. The molecule has 1 aromatic carbocycles. The molecule has 1 aliphatic heterocycles. The number of nitrogens with two attached hydrogens (primary N) is 1. The number of anilines is 1. The quantitative estimate of drug-likeness (QED) is 0.506. The van der Waals surface area contributed by atoms with Crippen LogP contribution in [0, 0.1) is 5.41 Å². The fraction of sp³-hybridized carbons (Fsp3) is 0.462. The van der Waals surface area contributed by atoms with Crippen LogP contribution in [0.5, 0.6) is 0 Å². The third kappa shape index (κ3) is 2.62. The molecule has 3 N–H and O–H groups in total. The first-order chi connectivity index (χ1) is 8.65. The van der Waals surface area contributed by atoms with Crippen molar-refractivity contribution in [3.05, 3.63) is 23.8 Å². The molecule has 0 aliphatic carbocycles. The van der Waals surface area contributed by atoms with E-state index in [-0.39, 0.29) is 5.84 Å². The van der Waals surface area contributed by atoms with Crippen molar-refractivity contribution in [2.75, 3.05) is 29.7 Å². The molecule has 0 bridgehead atoms. The second-order valence-corrected chi connectivity index (χ2v) is 6.39. The van der Waals surface area contributed by atoms with Crippen LogP contribution in [0.25, 0.3) is 0 Å². The highest BCUT2D eigenvalue weighted by Crippen LogP contribution is 2.32. The number of benzene rings is 1. The monoisotopic (exact) mass is 281 g/mol. The Kier molecular flexibility index (Phi) is 4.45. The lowest BCUT2D eigenvalue weighted by Crippen LogP contribution is -2.33. The zero-order chi connectivity index (χ0) is 13.1. The van der Waals surface area contributed by atoms with Gasteiger partial charge in [0.2, 0.25) is 0 Å². The molecule has 18 heavy (non-hydrogen) atoms. The van der Waals surface area contributed by atoms with Gasteiger partial charge in [-0.15, -0.1) is 11.8 Å². The minimum absolute atomic E-state index is 0.160. The molecule has 0 radical (unpaired) electrons.